The van der Waals surface area contributed by atoms with Gasteiger partial charge in [-0.3, -0.25) is 4.68 Å². The maximum absolute atomic E-state index is 4.10. The van der Waals surface area contributed by atoms with Gasteiger partial charge in [-0.15, -0.1) is 0 Å². The summed E-state index contributed by atoms with van der Waals surface area (Å²) in [7, 11) is 1.97. The van der Waals surface area contributed by atoms with Gasteiger partial charge in [0.15, 0.2) is 0 Å². The van der Waals surface area contributed by atoms with Crippen molar-refractivity contribution in [1.82, 2.24) is 9.78 Å². The fourth-order valence-corrected chi connectivity index (χ4v) is 1.69. The third-order valence-corrected chi connectivity index (χ3v) is 2.25. The van der Waals surface area contributed by atoms with E-state index in [2.05, 4.69) is 34.6 Å². The molecule has 0 amide bonds. The minimum atomic E-state index is 1.06. The molecule has 0 fully saturated rings. The number of nitrogens with zero attached hydrogens (tertiary/aromatic N) is 2. The van der Waals surface area contributed by atoms with Crippen LogP contribution in [0.25, 0.3) is 0 Å². The average molecular weight is 236 g/mol. The summed E-state index contributed by atoms with van der Waals surface area (Å²) in [4.78, 5) is 0. The van der Waals surface area contributed by atoms with Crippen LogP contribution in [0.15, 0.2) is 6.20 Å². The van der Waals surface area contributed by atoms with Gasteiger partial charge in [0.05, 0.1) is 15.5 Å². The SMILES string of the molecule is CCc1c(I)cnn1C. The van der Waals surface area contributed by atoms with E-state index in [1.54, 1.807) is 0 Å². The molecule has 1 heterocycles. The Morgan fingerprint density at radius 3 is 2.67 bits per heavy atom. The number of hydrogen-bond donors (Lipinski definition) is 0. The Labute approximate surface area is 68.4 Å². The van der Waals surface area contributed by atoms with Crippen molar-refractivity contribution in [2.75, 3.05) is 0 Å². The Morgan fingerprint density at radius 1 is 1.78 bits per heavy atom. The lowest BCUT2D eigenvalue weighted by Gasteiger charge is -1.95. The fraction of sp³-hybridized carbons (Fsp3) is 0.500. The minimum absolute atomic E-state index is 1.06. The monoisotopic (exact) mass is 236 g/mol. The average Bonchev–Trinajstić information content (AvgIpc) is 2.12. The van der Waals surface area contributed by atoms with Gasteiger partial charge < -0.3 is 0 Å². The molecule has 0 radical (unpaired) electrons. The predicted octanol–water partition coefficient (Wildman–Crippen LogP) is 1.59. The molecule has 0 aliphatic carbocycles. The molecule has 0 aromatic carbocycles. The molecule has 1 rings (SSSR count). The standard InChI is InChI=1S/C6H9IN2/c1-3-6-5(7)4-8-9(6)2/h4H,3H2,1-2H3. The molecule has 0 saturated heterocycles. The maximum atomic E-state index is 4.10. The first-order valence-electron chi connectivity index (χ1n) is 2.92. The molecule has 0 saturated carbocycles. The zero-order chi connectivity index (χ0) is 6.85. The van der Waals surface area contributed by atoms with E-state index in [4.69, 9.17) is 0 Å². The second-order valence-electron chi connectivity index (χ2n) is 1.92. The van der Waals surface area contributed by atoms with Crippen LogP contribution in [0.2, 0.25) is 0 Å². The van der Waals surface area contributed by atoms with Crippen molar-refractivity contribution in [3.63, 3.8) is 0 Å². The highest BCUT2D eigenvalue weighted by Gasteiger charge is 2.00. The van der Waals surface area contributed by atoms with Gasteiger partial charge >= 0.3 is 0 Å². The van der Waals surface area contributed by atoms with Gasteiger partial charge in [-0.2, -0.15) is 5.10 Å². The van der Waals surface area contributed by atoms with Crippen molar-refractivity contribution >= 4 is 22.6 Å². The minimum Gasteiger partial charge on any atom is -0.272 e. The Bertz CT molecular complexity index is 185. The van der Waals surface area contributed by atoms with E-state index in [9.17, 15) is 0 Å². The Balaban J connectivity index is 3.07. The van der Waals surface area contributed by atoms with E-state index in [0.29, 0.717) is 0 Å². The molecule has 0 unspecified atom stereocenters. The van der Waals surface area contributed by atoms with Crippen molar-refractivity contribution < 1.29 is 0 Å². The summed E-state index contributed by atoms with van der Waals surface area (Å²) in [5.74, 6) is 0. The molecule has 9 heavy (non-hydrogen) atoms. The fourth-order valence-electron chi connectivity index (χ4n) is 0.834. The smallest absolute Gasteiger partial charge is 0.0626 e. The van der Waals surface area contributed by atoms with Crippen molar-refractivity contribution in [1.29, 1.82) is 0 Å². The first kappa shape index (κ1) is 7.05. The van der Waals surface area contributed by atoms with Crippen LogP contribution >= 0.6 is 22.6 Å². The van der Waals surface area contributed by atoms with Crippen LogP contribution in [0, 0.1) is 3.57 Å². The van der Waals surface area contributed by atoms with Crippen LogP contribution in [-0.4, -0.2) is 9.78 Å². The van der Waals surface area contributed by atoms with Gasteiger partial charge in [-0.05, 0) is 29.0 Å². The van der Waals surface area contributed by atoms with Crippen molar-refractivity contribution in [3.05, 3.63) is 15.5 Å². The second-order valence-corrected chi connectivity index (χ2v) is 3.08. The lowest BCUT2D eigenvalue weighted by atomic mass is 10.3. The van der Waals surface area contributed by atoms with Gasteiger partial charge in [0.1, 0.15) is 0 Å². The van der Waals surface area contributed by atoms with E-state index in [1.807, 2.05) is 17.9 Å². The highest BCUT2D eigenvalue weighted by atomic mass is 127. The van der Waals surface area contributed by atoms with Crippen LogP contribution in [0.4, 0.5) is 0 Å². The molecular weight excluding hydrogens is 227 g/mol. The van der Waals surface area contributed by atoms with E-state index in [1.165, 1.54) is 9.26 Å². The van der Waals surface area contributed by atoms with E-state index in [-0.39, 0.29) is 0 Å². The Morgan fingerprint density at radius 2 is 2.44 bits per heavy atom. The summed E-state index contributed by atoms with van der Waals surface area (Å²) < 4.78 is 3.18. The Kier molecular flexibility index (Phi) is 2.10. The molecular formula is C6H9IN2. The molecule has 2 nitrogen and oxygen atoms in total. The van der Waals surface area contributed by atoms with Gasteiger partial charge in [0.25, 0.3) is 0 Å². The van der Waals surface area contributed by atoms with Crippen LogP contribution in [0.1, 0.15) is 12.6 Å². The van der Waals surface area contributed by atoms with Gasteiger partial charge in [-0.1, -0.05) is 6.92 Å². The third kappa shape index (κ3) is 1.26. The topological polar surface area (TPSA) is 17.8 Å². The van der Waals surface area contributed by atoms with Gasteiger partial charge in [-0.25, -0.2) is 0 Å². The highest BCUT2D eigenvalue weighted by Crippen LogP contribution is 2.09. The van der Waals surface area contributed by atoms with Crippen LogP contribution in [0.3, 0.4) is 0 Å². The second kappa shape index (κ2) is 2.68. The summed E-state index contributed by atoms with van der Waals surface area (Å²) in [5.41, 5.74) is 1.32. The molecule has 50 valence electrons. The van der Waals surface area contributed by atoms with E-state index in [0.717, 1.165) is 6.42 Å². The number of hydrogen-bond acceptors (Lipinski definition) is 1. The van der Waals surface area contributed by atoms with Gasteiger partial charge in [0.2, 0.25) is 0 Å². The van der Waals surface area contributed by atoms with Gasteiger partial charge in [0, 0.05) is 7.05 Å². The quantitative estimate of drug-likeness (QED) is 0.677. The third-order valence-electron chi connectivity index (χ3n) is 1.35. The molecule has 0 aliphatic rings. The number of rotatable bonds is 1. The zero-order valence-electron chi connectivity index (χ0n) is 5.56. The normalized spacial score (nSPS) is 10.1. The molecule has 0 bridgehead atoms. The molecule has 3 heteroatoms. The van der Waals surface area contributed by atoms with Crippen LogP contribution in [0.5, 0.6) is 0 Å². The summed E-state index contributed by atoms with van der Waals surface area (Å²) in [6.07, 6.45) is 2.95. The molecule has 1 aromatic rings. The number of aromatic nitrogens is 2. The van der Waals surface area contributed by atoms with Crippen LogP contribution in [-0.2, 0) is 13.5 Å². The maximum Gasteiger partial charge on any atom is 0.0626 e. The molecule has 0 atom stereocenters. The molecule has 1 aromatic heterocycles. The highest BCUT2D eigenvalue weighted by molar-refractivity contribution is 14.1. The lowest BCUT2D eigenvalue weighted by Crippen LogP contribution is -1.96. The Hall–Kier alpha value is -0.0600. The van der Waals surface area contributed by atoms with E-state index < -0.39 is 0 Å². The first-order valence-corrected chi connectivity index (χ1v) is 4.00. The molecule has 0 spiro atoms. The summed E-state index contributed by atoms with van der Waals surface area (Å²) in [5, 5.41) is 4.10. The van der Waals surface area contributed by atoms with Crippen LogP contribution < -0.4 is 0 Å². The largest absolute Gasteiger partial charge is 0.272 e. The van der Waals surface area contributed by atoms with Crippen molar-refractivity contribution in [2.45, 2.75) is 13.3 Å². The molecule has 0 aliphatic heterocycles. The lowest BCUT2D eigenvalue weighted by molar-refractivity contribution is 0.717. The van der Waals surface area contributed by atoms with Crippen molar-refractivity contribution in [2.24, 2.45) is 7.05 Å². The predicted molar refractivity (Wildman–Crippen MR) is 45.3 cm³/mol. The van der Waals surface area contributed by atoms with E-state index >= 15 is 0 Å². The van der Waals surface area contributed by atoms with Crippen molar-refractivity contribution in [3.8, 4) is 0 Å². The number of aryl methyl sites for hydroxylation is 1. The first-order chi connectivity index (χ1) is 4.25. The summed E-state index contributed by atoms with van der Waals surface area (Å²) in [6.45, 7) is 2.14. The number of halogens is 1. The zero-order valence-corrected chi connectivity index (χ0v) is 7.71. The summed E-state index contributed by atoms with van der Waals surface area (Å²) in [6, 6.07) is 0. The summed E-state index contributed by atoms with van der Waals surface area (Å²) >= 11 is 2.30. The molecule has 0 N–H and O–H groups in total.